The number of rotatable bonds is 2. The molecule has 0 aromatic heterocycles. The van der Waals surface area contributed by atoms with Crippen LogP contribution in [0.15, 0.2) is 0 Å². The molecule has 0 heterocycles. The summed E-state index contributed by atoms with van der Waals surface area (Å²) in [5.74, 6) is 0. The van der Waals surface area contributed by atoms with Gasteiger partial charge in [-0.15, -0.1) is 0 Å². The van der Waals surface area contributed by atoms with Gasteiger partial charge in [-0.1, -0.05) is 6.92 Å². The fraction of sp³-hybridized carbons (Fsp3) is 1.00. The second-order valence-electron chi connectivity index (χ2n) is 1.34. The van der Waals surface area contributed by atoms with E-state index in [1.807, 2.05) is 6.92 Å². The van der Waals surface area contributed by atoms with Gasteiger partial charge >= 0.3 is 0 Å². The highest BCUT2D eigenvalue weighted by atomic mass is 14.6. The summed E-state index contributed by atoms with van der Waals surface area (Å²) >= 11 is 0. The first-order valence-corrected chi connectivity index (χ1v) is 2.93. The molecular formula is C5H17N3. The van der Waals surface area contributed by atoms with Gasteiger partial charge < -0.3 is 17.2 Å². The first-order valence-electron chi connectivity index (χ1n) is 2.93. The molecule has 3 nitrogen and oxygen atoms in total. The summed E-state index contributed by atoms with van der Waals surface area (Å²) in [7, 11) is 0. The summed E-state index contributed by atoms with van der Waals surface area (Å²) < 4.78 is 0. The van der Waals surface area contributed by atoms with Crippen molar-refractivity contribution in [3.05, 3.63) is 0 Å². The van der Waals surface area contributed by atoms with E-state index >= 15 is 0 Å². The van der Waals surface area contributed by atoms with Crippen LogP contribution in [0.3, 0.4) is 0 Å². The van der Waals surface area contributed by atoms with Crippen molar-refractivity contribution in [1.29, 1.82) is 0 Å². The molecule has 0 unspecified atom stereocenters. The van der Waals surface area contributed by atoms with Gasteiger partial charge in [0.25, 0.3) is 0 Å². The van der Waals surface area contributed by atoms with Crippen molar-refractivity contribution < 1.29 is 0 Å². The molecule has 0 saturated heterocycles. The molecule has 0 aliphatic heterocycles. The summed E-state index contributed by atoms with van der Waals surface area (Å²) in [4.78, 5) is 0. The molecule has 0 amide bonds. The monoisotopic (exact) mass is 119 g/mol. The lowest BCUT2D eigenvalue weighted by molar-refractivity contribution is 0.844. The van der Waals surface area contributed by atoms with Gasteiger partial charge in [0.05, 0.1) is 0 Å². The van der Waals surface area contributed by atoms with Crippen molar-refractivity contribution in [3.63, 3.8) is 0 Å². The Kier molecular flexibility index (Phi) is 21.3. The van der Waals surface area contributed by atoms with E-state index in [1.165, 1.54) is 0 Å². The Morgan fingerprint density at radius 2 is 1.25 bits per heavy atom. The van der Waals surface area contributed by atoms with Crippen LogP contribution in [0.2, 0.25) is 0 Å². The Morgan fingerprint density at radius 1 is 1.00 bits per heavy atom. The molecule has 0 aromatic carbocycles. The first kappa shape index (κ1) is 10.8. The summed E-state index contributed by atoms with van der Waals surface area (Å²) in [6.07, 6.45) is 0.944. The zero-order valence-electron chi connectivity index (χ0n) is 5.56. The lowest BCUT2D eigenvalue weighted by Crippen LogP contribution is -2.06. The molecule has 0 bridgehead atoms. The maximum Gasteiger partial charge on any atom is -0.00653 e. The van der Waals surface area contributed by atoms with E-state index in [4.69, 9.17) is 17.2 Å². The quantitative estimate of drug-likeness (QED) is 0.448. The van der Waals surface area contributed by atoms with E-state index in [9.17, 15) is 0 Å². The van der Waals surface area contributed by atoms with Gasteiger partial charge in [0.1, 0.15) is 0 Å². The molecule has 0 fully saturated rings. The van der Waals surface area contributed by atoms with Gasteiger partial charge in [0, 0.05) is 0 Å². The number of nitrogens with two attached hydrogens (primary N) is 3. The molecule has 0 rings (SSSR count). The second kappa shape index (κ2) is 15.8. The zero-order valence-corrected chi connectivity index (χ0v) is 5.56. The maximum atomic E-state index is 5.06. The van der Waals surface area contributed by atoms with Crippen LogP contribution in [0.4, 0.5) is 0 Å². The Labute approximate surface area is 51.2 Å². The van der Waals surface area contributed by atoms with E-state index in [0.717, 1.165) is 26.1 Å². The fourth-order valence-electron chi connectivity index (χ4n) is 0.118. The highest BCUT2D eigenvalue weighted by molar-refractivity contribution is 4.33. The minimum atomic E-state index is 0.719. The molecule has 8 heavy (non-hydrogen) atoms. The van der Waals surface area contributed by atoms with Crippen LogP contribution in [0.5, 0.6) is 0 Å². The van der Waals surface area contributed by atoms with E-state index < -0.39 is 0 Å². The van der Waals surface area contributed by atoms with Gasteiger partial charge in [-0.05, 0) is 26.1 Å². The van der Waals surface area contributed by atoms with Gasteiger partial charge in [0.2, 0.25) is 0 Å². The largest absolute Gasteiger partial charge is 0.331 e. The summed E-state index contributed by atoms with van der Waals surface area (Å²) in [6, 6.07) is 0. The molecule has 0 atom stereocenters. The molecule has 0 aliphatic carbocycles. The Bertz CT molecular complexity index is 21.6. The van der Waals surface area contributed by atoms with Crippen molar-refractivity contribution >= 4 is 0 Å². The summed E-state index contributed by atoms with van der Waals surface area (Å²) in [5.41, 5.74) is 15.0. The molecular weight excluding hydrogens is 102 g/mol. The van der Waals surface area contributed by atoms with E-state index in [-0.39, 0.29) is 0 Å². The lowest BCUT2D eigenvalue weighted by Gasteiger charge is -1.81. The standard InChI is InChI=1S/C3H10N2.C2H7N/c4-2-1-3-5;1-2-3/h1-5H2;2-3H2,1H3. The zero-order chi connectivity index (χ0) is 6.83. The van der Waals surface area contributed by atoms with Crippen LogP contribution in [0.25, 0.3) is 0 Å². The highest BCUT2D eigenvalue weighted by Crippen LogP contribution is 1.58. The minimum Gasteiger partial charge on any atom is -0.331 e. The van der Waals surface area contributed by atoms with Crippen LogP contribution in [-0.4, -0.2) is 19.6 Å². The molecule has 0 saturated carbocycles. The van der Waals surface area contributed by atoms with Crippen molar-refractivity contribution in [3.8, 4) is 0 Å². The molecule has 0 radical (unpaired) electrons. The van der Waals surface area contributed by atoms with Crippen LogP contribution in [0, 0.1) is 0 Å². The number of hydrogen-bond donors (Lipinski definition) is 3. The minimum absolute atomic E-state index is 0.719. The lowest BCUT2D eigenvalue weighted by atomic mass is 10.4. The molecule has 0 aromatic rings. The topological polar surface area (TPSA) is 78.1 Å². The van der Waals surface area contributed by atoms with Crippen LogP contribution in [0.1, 0.15) is 13.3 Å². The third-order valence-corrected chi connectivity index (χ3v) is 0.408. The summed E-state index contributed by atoms with van der Waals surface area (Å²) in [5, 5.41) is 0. The van der Waals surface area contributed by atoms with Gasteiger partial charge in [-0.2, -0.15) is 0 Å². The predicted molar refractivity (Wildman–Crippen MR) is 37.5 cm³/mol. The average molecular weight is 119 g/mol. The Balaban J connectivity index is 0. The maximum absolute atomic E-state index is 5.06. The van der Waals surface area contributed by atoms with Crippen molar-refractivity contribution in [2.75, 3.05) is 19.6 Å². The van der Waals surface area contributed by atoms with Crippen molar-refractivity contribution in [2.45, 2.75) is 13.3 Å². The molecule has 3 heteroatoms. The third-order valence-electron chi connectivity index (χ3n) is 0.408. The average Bonchev–Trinajstić information content (AvgIpc) is 1.71. The molecule has 0 spiro atoms. The van der Waals surface area contributed by atoms with Crippen LogP contribution >= 0.6 is 0 Å². The molecule has 52 valence electrons. The fourth-order valence-corrected chi connectivity index (χ4v) is 0.118. The molecule has 0 aliphatic rings. The van der Waals surface area contributed by atoms with Gasteiger partial charge in [0.15, 0.2) is 0 Å². The first-order chi connectivity index (χ1) is 3.83. The van der Waals surface area contributed by atoms with Crippen molar-refractivity contribution in [2.24, 2.45) is 17.2 Å². The highest BCUT2D eigenvalue weighted by Gasteiger charge is 1.67. The van der Waals surface area contributed by atoms with Crippen LogP contribution in [-0.2, 0) is 0 Å². The van der Waals surface area contributed by atoms with Gasteiger partial charge in [-0.25, -0.2) is 0 Å². The predicted octanol–water partition coefficient (Wildman–Crippen LogP) is -0.741. The second-order valence-corrected chi connectivity index (χ2v) is 1.34. The molecule has 6 N–H and O–H groups in total. The summed E-state index contributed by atoms with van der Waals surface area (Å²) in [6.45, 7) is 4.09. The smallest absolute Gasteiger partial charge is 0.00653 e. The third kappa shape index (κ3) is 39.6. The Hall–Kier alpha value is -0.120. The van der Waals surface area contributed by atoms with Gasteiger partial charge in [-0.3, -0.25) is 0 Å². The van der Waals surface area contributed by atoms with E-state index in [2.05, 4.69) is 0 Å². The van der Waals surface area contributed by atoms with E-state index in [1.54, 1.807) is 0 Å². The SMILES string of the molecule is CCN.NCCCN. The Morgan fingerprint density at radius 3 is 1.25 bits per heavy atom. The van der Waals surface area contributed by atoms with E-state index in [0.29, 0.717) is 0 Å². The normalized spacial score (nSPS) is 7.50. The van der Waals surface area contributed by atoms with Crippen molar-refractivity contribution in [1.82, 2.24) is 0 Å². The van der Waals surface area contributed by atoms with Crippen LogP contribution < -0.4 is 17.2 Å². The number of hydrogen-bond acceptors (Lipinski definition) is 3.